The molecule has 0 unspecified atom stereocenters. The van der Waals surface area contributed by atoms with Crippen molar-refractivity contribution >= 4 is 5.97 Å². The predicted molar refractivity (Wildman–Crippen MR) is 125 cm³/mol. The lowest BCUT2D eigenvalue weighted by atomic mass is 9.78. The van der Waals surface area contributed by atoms with Crippen LogP contribution in [0.25, 0.3) is 0 Å². The number of aliphatic hydroxyl groups is 2. The third-order valence-corrected chi connectivity index (χ3v) is 6.53. The highest BCUT2D eigenvalue weighted by atomic mass is 16.5. The van der Waals surface area contributed by atoms with E-state index in [4.69, 9.17) is 14.6 Å². The number of hydrogen-bond acceptors (Lipinski definition) is 6. The summed E-state index contributed by atoms with van der Waals surface area (Å²) < 4.78 is 10.9. The van der Waals surface area contributed by atoms with Gasteiger partial charge in [0.1, 0.15) is 11.9 Å². The topological polar surface area (TPSA) is 79.2 Å². The summed E-state index contributed by atoms with van der Waals surface area (Å²) in [6.07, 6.45) is 1.21. The Kier molecular flexibility index (Phi) is 7.66. The van der Waals surface area contributed by atoms with E-state index in [0.29, 0.717) is 29.6 Å². The molecule has 2 aromatic carbocycles. The van der Waals surface area contributed by atoms with Gasteiger partial charge in [0.25, 0.3) is 0 Å². The molecule has 6 nitrogen and oxygen atoms in total. The van der Waals surface area contributed by atoms with Crippen molar-refractivity contribution in [2.24, 2.45) is 11.8 Å². The van der Waals surface area contributed by atoms with Crippen molar-refractivity contribution in [3.8, 4) is 17.6 Å². The fraction of sp³-hybridized carbons (Fsp3) is 0.444. The first-order valence-corrected chi connectivity index (χ1v) is 11.5. The molecular weight excluding hydrogens is 418 g/mol. The van der Waals surface area contributed by atoms with Gasteiger partial charge in [-0.2, -0.15) is 0 Å². The zero-order valence-corrected chi connectivity index (χ0v) is 18.9. The van der Waals surface area contributed by atoms with Gasteiger partial charge in [-0.25, -0.2) is 4.79 Å². The van der Waals surface area contributed by atoms with E-state index in [9.17, 15) is 9.90 Å². The summed E-state index contributed by atoms with van der Waals surface area (Å²) in [4.78, 5) is 14.2. The van der Waals surface area contributed by atoms with Gasteiger partial charge >= 0.3 is 5.97 Å². The van der Waals surface area contributed by atoms with Gasteiger partial charge in [0.15, 0.2) is 0 Å². The van der Waals surface area contributed by atoms with E-state index in [-0.39, 0.29) is 12.7 Å². The standard InChI is InChI=1S/C27H31NO5/c1-32-27(31)21-6-4-7-24(13-21)33-26-15-23-18-28(17-22(23)14-25(26)30)16-20-10-8-19(9-11-20)5-2-3-12-29/h4,6-11,13,22-23,25-26,29-30H,3,12,14-18H2,1H3/t22-,23+,25+,26+/m0/s1. The number of esters is 1. The van der Waals surface area contributed by atoms with Crippen LogP contribution in [0.15, 0.2) is 48.5 Å². The number of benzene rings is 2. The Hall–Kier alpha value is -2.85. The van der Waals surface area contributed by atoms with Crippen molar-refractivity contribution in [3.63, 3.8) is 0 Å². The highest BCUT2D eigenvalue weighted by Crippen LogP contribution is 2.38. The molecule has 1 aliphatic heterocycles. The van der Waals surface area contributed by atoms with Gasteiger partial charge in [0.2, 0.25) is 0 Å². The molecule has 33 heavy (non-hydrogen) atoms. The molecule has 174 valence electrons. The number of ether oxygens (including phenoxy) is 2. The Morgan fingerprint density at radius 3 is 2.61 bits per heavy atom. The van der Waals surface area contributed by atoms with E-state index in [0.717, 1.165) is 38.0 Å². The van der Waals surface area contributed by atoms with Crippen LogP contribution in [0.1, 0.15) is 40.7 Å². The molecule has 0 aromatic heterocycles. The minimum atomic E-state index is -0.523. The van der Waals surface area contributed by atoms with Gasteiger partial charge < -0.3 is 19.7 Å². The number of rotatable bonds is 6. The summed E-state index contributed by atoms with van der Waals surface area (Å²) in [5.74, 6) is 7.12. The maximum absolute atomic E-state index is 11.8. The van der Waals surface area contributed by atoms with E-state index >= 15 is 0 Å². The van der Waals surface area contributed by atoms with Crippen LogP contribution in [0, 0.1) is 23.7 Å². The molecule has 0 bridgehead atoms. The lowest BCUT2D eigenvalue weighted by Crippen LogP contribution is -2.42. The van der Waals surface area contributed by atoms with Crippen LogP contribution in [0.2, 0.25) is 0 Å². The fourth-order valence-corrected chi connectivity index (χ4v) is 4.90. The molecule has 1 saturated heterocycles. The van der Waals surface area contributed by atoms with Crippen LogP contribution in [-0.4, -0.2) is 60.1 Å². The molecule has 0 amide bonds. The number of aliphatic hydroxyl groups excluding tert-OH is 2. The summed E-state index contributed by atoms with van der Waals surface area (Å²) in [5.41, 5.74) is 2.65. The van der Waals surface area contributed by atoms with E-state index in [1.807, 2.05) is 18.2 Å². The number of likely N-dealkylation sites (tertiary alicyclic amines) is 1. The summed E-state index contributed by atoms with van der Waals surface area (Å²) in [6, 6.07) is 15.2. The van der Waals surface area contributed by atoms with Crippen molar-refractivity contribution < 1.29 is 24.5 Å². The number of fused-ring (bicyclic) bond motifs is 1. The SMILES string of the molecule is COC(=O)c1cccc(O[C@@H]2C[C@@H]3CN(Cc4ccc(C#CCCO)cc4)C[C@@H]3C[C@H]2O)c1. The Labute approximate surface area is 195 Å². The number of methoxy groups -OCH3 is 1. The number of carbonyl (C=O) groups excluding carboxylic acids is 1. The fourth-order valence-electron chi connectivity index (χ4n) is 4.90. The summed E-state index contributed by atoms with van der Waals surface area (Å²) >= 11 is 0. The average molecular weight is 450 g/mol. The van der Waals surface area contributed by atoms with Crippen LogP contribution < -0.4 is 4.74 Å². The van der Waals surface area contributed by atoms with E-state index in [1.54, 1.807) is 18.2 Å². The molecule has 2 aliphatic rings. The van der Waals surface area contributed by atoms with Gasteiger partial charge in [-0.15, -0.1) is 0 Å². The Morgan fingerprint density at radius 2 is 1.88 bits per heavy atom. The summed E-state index contributed by atoms with van der Waals surface area (Å²) in [7, 11) is 1.36. The molecule has 2 aromatic rings. The van der Waals surface area contributed by atoms with E-state index in [2.05, 4.69) is 28.9 Å². The molecule has 4 atom stereocenters. The first kappa shape index (κ1) is 23.3. The highest BCUT2D eigenvalue weighted by molar-refractivity contribution is 5.89. The molecule has 1 saturated carbocycles. The average Bonchev–Trinajstić information content (AvgIpc) is 3.21. The number of hydrogen-bond donors (Lipinski definition) is 2. The zero-order valence-electron chi connectivity index (χ0n) is 18.9. The molecular formula is C27H31NO5. The van der Waals surface area contributed by atoms with E-state index < -0.39 is 12.1 Å². The Morgan fingerprint density at radius 1 is 1.12 bits per heavy atom. The lowest BCUT2D eigenvalue weighted by Gasteiger charge is -2.35. The predicted octanol–water partition coefficient (Wildman–Crippen LogP) is 2.86. The highest BCUT2D eigenvalue weighted by Gasteiger charge is 2.42. The first-order chi connectivity index (χ1) is 16.1. The van der Waals surface area contributed by atoms with Crippen LogP contribution >= 0.6 is 0 Å². The largest absolute Gasteiger partial charge is 0.488 e. The maximum Gasteiger partial charge on any atom is 0.337 e. The van der Waals surface area contributed by atoms with Gasteiger partial charge in [-0.1, -0.05) is 30.0 Å². The van der Waals surface area contributed by atoms with Crippen LogP contribution in [0.3, 0.4) is 0 Å². The number of carbonyl (C=O) groups is 1. The Balaban J connectivity index is 1.33. The van der Waals surface area contributed by atoms with Gasteiger partial charge in [-0.05, 0) is 60.6 Å². The van der Waals surface area contributed by atoms with Gasteiger partial charge in [0.05, 0.1) is 25.4 Å². The molecule has 1 heterocycles. The minimum Gasteiger partial charge on any atom is -0.488 e. The van der Waals surface area contributed by atoms with Crippen LogP contribution in [0.5, 0.6) is 5.75 Å². The van der Waals surface area contributed by atoms with Crippen molar-refractivity contribution in [2.45, 2.75) is 38.0 Å². The molecule has 4 rings (SSSR count). The van der Waals surface area contributed by atoms with Crippen LogP contribution in [0.4, 0.5) is 0 Å². The second-order valence-electron chi connectivity index (χ2n) is 8.90. The second kappa shape index (κ2) is 10.8. The number of nitrogens with zero attached hydrogens (tertiary/aromatic N) is 1. The molecule has 6 heteroatoms. The monoisotopic (exact) mass is 449 g/mol. The van der Waals surface area contributed by atoms with Gasteiger partial charge in [-0.3, -0.25) is 4.90 Å². The van der Waals surface area contributed by atoms with Crippen molar-refractivity contribution in [3.05, 3.63) is 65.2 Å². The summed E-state index contributed by atoms with van der Waals surface area (Å²) in [5, 5.41) is 19.6. The molecule has 2 N–H and O–H groups in total. The lowest BCUT2D eigenvalue weighted by molar-refractivity contribution is -0.0231. The maximum atomic E-state index is 11.8. The van der Waals surface area contributed by atoms with E-state index in [1.165, 1.54) is 12.7 Å². The first-order valence-electron chi connectivity index (χ1n) is 11.5. The normalized spacial score (nSPS) is 24.5. The molecule has 2 fully saturated rings. The van der Waals surface area contributed by atoms with Gasteiger partial charge in [0, 0.05) is 31.6 Å². The third-order valence-electron chi connectivity index (χ3n) is 6.53. The smallest absolute Gasteiger partial charge is 0.337 e. The molecule has 0 radical (unpaired) electrons. The molecule has 1 aliphatic carbocycles. The zero-order chi connectivity index (χ0) is 23.2. The van der Waals surface area contributed by atoms with Crippen molar-refractivity contribution in [2.75, 3.05) is 26.8 Å². The quantitative estimate of drug-likeness (QED) is 0.522. The Bertz CT molecular complexity index is 1010. The van der Waals surface area contributed by atoms with Crippen molar-refractivity contribution in [1.29, 1.82) is 0 Å². The third kappa shape index (κ3) is 5.94. The molecule has 0 spiro atoms. The minimum absolute atomic E-state index is 0.0862. The summed E-state index contributed by atoms with van der Waals surface area (Å²) in [6.45, 7) is 2.92. The van der Waals surface area contributed by atoms with Crippen molar-refractivity contribution in [1.82, 2.24) is 4.90 Å². The van der Waals surface area contributed by atoms with Crippen LogP contribution in [-0.2, 0) is 11.3 Å². The second-order valence-corrected chi connectivity index (χ2v) is 8.90.